The van der Waals surface area contributed by atoms with Gasteiger partial charge in [-0.25, -0.2) is 8.42 Å². The van der Waals surface area contributed by atoms with Crippen molar-refractivity contribution in [3.8, 4) is 5.75 Å². The van der Waals surface area contributed by atoms with E-state index >= 15 is 0 Å². The number of rotatable bonds is 7. The Bertz CT molecular complexity index is 804. The van der Waals surface area contributed by atoms with E-state index < -0.39 is 10.0 Å². The van der Waals surface area contributed by atoms with Crippen molar-refractivity contribution >= 4 is 15.9 Å². The number of carbonyl (C=O) groups excluding carboxylic acids is 1. The average Bonchev–Trinajstić information content (AvgIpc) is 3.54. The molecule has 28 heavy (non-hydrogen) atoms. The topological polar surface area (TPSA) is 70.2 Å². The van der Waals surface area contributed by atoms with E-state index in [2.05, 4.69) is 4.90 Å². The fourth-order valence-corrected chi connectivity index (χ4v) is 5.48. The van der Waals surface area contributed by atoms with Gasteiger partial charge >= 0.3 is 0 Å². The molecule has 0 atom stereocenters. The van der Waals surface area contributed by atoms with Crippen molar-refractivity contribution < 1.29 is 17.9 Å². The van der Waals surface area contributed by atoms with E-state index in [9.17, 15) is 13.2 Å². The SMILES string of the molecule is CCN(CC)S(=O)(=O)c1cc(C(=O)N2CCCN(C3CC3)CC2)ccc1OC. The van der Waals surface area contributed by atoms with Crippen LogP contribution in [0.25, 0.3) is 0 Å². The van der Waals surface area contributed by atoms with Gasteiger partial charge in [-0.2, -0.15) is 4.31 Å². The van der Waals surface area contributed by atoms with Crippen molar-refractivity contribution in [3.63, 3.8) is 0 Å². The van der Waals surface area contributed by atoms with Gasteiger partial charge in [0.05, 0.1) is 7.11 Å². The molecule has 0 N–H and O–H groups in total. The van der Waals surface area contributed by atoms with Gasteiger partial charge in [-0.15, -0.1) is 0 Å². The Morgan fingerprint density at radius 1 is 1.14 bits per heavy atom. The van der Waals surface area contributed by atoms with Crippen molar-refractivity contribution in [2.24, 2.45) is 0 Å². The van der Waals surface area contributed by atoms with Crippen LogP contribution in [0.4, 0.5) is 0 Å². The summed E-state index contributed by atoms with van der Waals surface area (Å²) in [4.78, 5) is 17.5. The molecule has 0 spiro atoms. The monoisotopic (exact) mass is 409 g/mol. The molecule has 1 saturated carbocycles. The summed E-state index contributed by atoms with van der Waals surface area (Å²) < 4.78 is 32.7. The summed E-state index contributed by atoms with van der Waals surface area (Å²) in [5.41, 5.74) is 0.395. The highest BCUT2D eigenvalue weighted by atomic mass is 32.2. The van der Waals surface area contributed by atoms with Crippen LogP contribution in [0.2, 0.25) is 0 Å². The van der Waals surface area contributed by atoms with Gasteiger partial charge in [0.2, 0.25) is 10.0 Å². The van der Waals surface area contributed by atoms with Crippen LogP contribution in [-0.4, -0.2) is 80.9 Å². The van der Waals surface area contributed by atoms with Crippen LogP contribution in [-0.2, 0) is 10.0 Å². The second-order valence-corrected chi connectivity index (χ2v) is 9.27. The Morgan fingerprint density at radius 3 is 2.46 bits per heavy atom. The van der Waals surface area contributed by atoms with Gasteiger partial charge in [0, 0.05) is 50.9 Å². The maximum absolute atomic E-state index is 13.1. The molecule has 156 valence electrons. The first kappa shape index (κ1) is 21.1. The molecule has 8 heteroatoms. The zero-order valence-electron chi connectivity index (χ0n) is 17.1. The lowest BCUT2D eigenvalue weighted by Gasteiger charge is -2.23. The highest BCUT2D eigenvalue weighted by molar-refractivity contribution is 7.89. The first-order chi connectivity index (χ1) is 13.4. The molecule has 0 radical (unpaired) electrons. The van der Waals surface area contributed by atoms with Crippen LogP contribution >= 0.6 is 0 Å². The molecule has 1 amide bonds. The van der Waals surface area contributed by atoms with Crippen molar-refractivity contribution in [3.05, 3.63) is 23.8 Å². The Labute approximate surface area is 168 Å². The number of nitrogens with zero attached hydrogens (tertiary/aromatic N) is 3. The molecule has 1 aromatic carbocycles. The van der Waals surface area contributed by atoms with Crippen molar-refractivity contribution in [2.75, 3.05) is 46.4 Å². The summed E-state index contributed by atoms with van der Waals surface area (Å²) in [7, 11) is -2.28. The van der Waals surface area contributed by atoms with Crippen molar-refractivity contribution in [1.82, 2.24) is 14.1 Å². The normalized spacial score (nSPS) is 18.9. The maximum atomic E-state index is 13.1. The number of methoxy groups -OCH3 is 1. The lowest BCUT2D eigenvalue weighted by Crippen LogP contribution is -2.36. The molecule has 7 nitrogen and oxygen atoms in total. The molecule has 0 unspecified atom stereocenters. The van der Waals surface area contributed by atoms with Gasteiger partial charge < -0.3 is 9.64 Å². The molecule has 0 bridgehead atoms. The van der Waals surface area contributed by atoms with Gasteiger partial charge in [-0.3, -0.25) is 9.69 Å². The third-order valence-corrected chi connectivity index (χ3v) is 7.69. The fraction of sp³-hybridized carbons (Fsp3) is 0.650. The van der Waals surface area contributed by atoms with Gasteiger partial charge in [0.1, 0.15) is 10.6 Å². The number of carbonyl (C=O) groups is 1. The minimum absolute atomic E-state index is 0.0546. The van der Waals surface area contributed by atoms with Crippen LogP contribution in [0.15, 0.2) is 23.1 Å². The first-order valence-electron chi connectivity index (χ1n) is 10.1. The van der Waals surface area contributed by atoms with Crippen LogP contribution in [0.5, 0.6) is 5.75 Å². The highest BCUT2D eigenvalue weighted by Gasteiger charge is 2.32. The summed E-state index contributed by atoms with van der Waals surface area (Å²) >= 11 is 0. The predicted octanol–water partition coefficient (Wildman–Crippen LogP) is 2.04. The van der Waals surface area contributed by atoms with Gasteiger partial charge in [0.15, 0.2) is 0 Å². The van der Waals surface area contributed by atoms with Crippen LogP contribution < -0.4 is 4.74 Å². The summed E-state index contributed by atoms with van der Waals surface area (Å²) in [5, 5.41) is 0. The van der Waals surface area contributed by atoms with Gasteiger partial charge in [0.25, 0.3) is 5.91 Å². The molecule has 2 fully saturated rings. The zero-order chi connectivity index (χ0) is 20.3. The van der Waals surface area contributed by atoms with Crippen molar-refractivity contribution in [1.29, 1.82) is 0 Å². The van der Waals surface area contributed by atoms with E-state index in [0.717, 1.165) is 19.5 Å². The van der Waals surface area contributed by atoms with E-state index in [4.69, 9.17) is 4.74 Å². The summed E-state index contributed by atoms with van der Waals surface area (Å²) in [6, 6.07) is 5.41. The fourth-order valence-electron chi connectivity index (χ4n) is 3.84. The smallest absolute Gasteiger partial charge is 0.253 e. The minimum Gasteiger partial charge on any atom is -0.495 e. The number of amides is 1. The van der Waals surface area contributed by atoms with E-state index in [-0.39, 0.29) is 16.6 Å². The van der Waals surface area contributed by atoms with Crippen LogP contribution in [0.1, 0.15) is 43.5 Å². The Morgan fingerprint density at radius 2 is 1.86 bits per heavy atom. The number of hydrogen-bond donors (Lipinski definition) is 0. The maximum Gasteiger partial charge on any atom is 0.253 e. The van der Waals surface area contributed by atoms with E-state index in [0.29, 0.717) is 37.8 Å². The Kier molecular flexibility index (Phi) is 6.62. The van der Waals surface area contributed by atoms with Crippen LogP contribution in [0.3, 0.4) is 0 Å². The Balaban J connectivity index is 1.85. The number of benzene rings is 1. The minimum atomic E-state index is -3.72. The molecule has 1 saturated heterocycles. The lowest BCUT2D eigenvalue weighted by molar-refractivity contribution is 0.0760. The molecular weight excluding hydrogens is 378 g/mol. The van der Waals surface area contributed by atoms with E-state index in [1.165, 1.54) is 30.3 Å². The third kappa shape index (κ3) is 4.34. The quantitative estimate of drug-likeness (QED) is 0.689. The van der Waals surface area contributed by atoms with E-state index in [1.807, 2.05) is 4.90 Å². The number of sulfonamides is 1. The Hall–Kier alpha value is -1.64. The standard InChI is InChI=1S/C20H31N3O4S/c1-4-23(5-2)28(25,26)19-15-16(7-10-18(19)27-3)20(24)22-12-6-11-21(13-14-22)17-8-9-17/h7,10,15,17H,4-6,8-9,11-14H2,1-3H3. The molecule has 0 aromatic heterocycles. The molecular formula is C20H31N3O4S. The average molecular weight is 410 g/mol. The summed E-state index contributed by atoms with van der Waals surface area (Å²) in [6.45, 7) is 7.62. The number of ether oxygens (including phenoxy) is 1. The highest BCUT2D eigenvalue weighted by Crippen LogP contribution is 2.30. The molecule has 1 aliphatic heterocycles. The second-order valence-electron chi connectivity index (χ2n) is 7.37. The number of hydrogen-bond acceptors (Lipinski definition) is 5. The molecule has 1 aromatic rings. The summed E-state index contributed by atoms with van der Waals surface area (Å²) in [6.07, 6.45) is 3.47. The molecule has 2 aliphatic rings. The summed E-state index contributed by atoms with van der Waals surface area (Å²) in [5.74, 6) is 0.149. The lowest BCUT2D eigenvalue weighted by atomic mass is 10.2. The van der Waals surface area contributed by atoms with Crippen LogP contribution in [0, 0.1) is 0 Å². The van der Waals surface area contributed by atoms with Gasteiger partial charge in [-0.1, -0.05) is 13.8 Å². The largest absolute Gasteiger partial charge is 0.495 e. The predicted molar refractivity (Wildman–Crippen MR) is 108 cm³/mol. The van der Waals surface area contributed by atoms with Gasteiger partial charge in [-0.05, 0) is 37.5 Å². The first-order valence-corrected chi connectivity index (χ1v) is 11.6. The molecule has 1 aliphatic carbocycles. The molecule has 1 heterocycles. The van der Waals surface area contributed by atoms with E-state index in [1.54, 1.807) is 26.0 Å². The molecule has 3 rings (SSSR count). The second kappa shape index (κ2) is 8.80. The zero-order valence-corrected chi connectivity index (χ0v) is 17.9. The van der Waals surface area contributed by atoms with Crippen molar-refractivity contribution in [2.45, 2.75) is 44.0 Å². The third-order valence-electron chi connectivity index (χ3n) is 5.61.